The molecule has 8 nitrogen and oxygen atoms in total. The molecule has 32 heavy (non-hydrogen) atoms. The first-order valence-corrected chi connectivity index (χ1v) is 11.6. The van der Waals surface area contributed by atoms with Crippen LogP contribution in [0.3, 0.4) is 0 Å². The van der Waals surface area contributed by atoms with Gasteiger partial charge < -0.3 is 14.4 Å². The van der Waals surface area contributed by atoms with E-state index in [4.69, 9.17) is 9.47 Å². The van der Waals surface area contributed by atoms with Crippen LogP contribution in [0.15, 0.2) is 30.6 Å². The Balaban J connectivity index is 1.47. The summed E-state index contributed by atoms with van der Waals surface area (Å²) in [5.74, 6) is -0.0374. The molecule has 0 unspecified atom stereocenters. The number of benzene rings is 1. The van der Waals surface area contributed by atoms with Crippen molar-refractivity contribution in [2.75, 3.05) is 29.6 Å². The Hall–Kier alpha value is -2.87. The van der Waals surface area contributed by atoms with Gasteiger partial charge in [-0.3, -0.25) is 14.4 Å². The molecule has 2 aromatic rings. The summed E-state index contributed by atoms with van der Waals surface area (Å²) in [6, 6.07) is 6.02. The van der Waals surface area contributed by atoms with Gasteiger partial charge in [0.2, 0.25) is 5.91 Å². The van der Waals surface area contributed by atoms with Gasteiger partial charge in [0.05, 0.1) is 42.9 Å². The molecular formula is C24H30N4O4. The monoisotopic (exact) mass is 438 g/mol. The van der Waals surface area contributed by atoms with Crippen LogP contribution in [0.5, 0.6) is 0 Å². The molecule has 0 spiro atoms. The van der Waals surface area contributed by atoms with Crippen LogP contribution in [0.2, 0.25) is 0 Å². The molecule has 3 aliphatic rings. The third-order valence-corrected chi connectivity index (χ3v) is 6.72. The Labute approximate surface area is 188 Å². The summed E-state index contributed by atoms with van der Waals surface area (Å²) in [5.41, 5.74) is 3.36. The second kappa shape index (κ2) is 8.58. The second-order valence-corrected chi connectivity index (χ2v) is 9.10. The van der Waals surface area contributed by atoms with Gasteiger partial charge in [0.15, 0.2) is 0 Å². The topological polar surface area (TPSA) is 76.9 Å². The van der Waals surface area contributed by atoms with E-state index >= 15 is 0 Å². The summed E-state index contributed by atoms with van der Waals surface area (Å²) in [5, 5.41) is 4.48. The average molecular weight is 439 g/mol. The fourth-order valence-corrected chi connectivity index (χ4v) is 4.91. The molecule has 1 aromatic heterocycles. The highest BCUT2D eigenvalue weighted by atomic mass is 16.6. The molecule has 8 heteroatoms. The molecule has 0 bridgehead atoms. The van der Waals surface area contributed by atoms with Gasteiger partial charge in [-0.2, -0.15) is 5.10 Å². The zero-order valence-electron chi connectivity index (χ0n) is 18.7. The number of carbonyl (C=O) groups excluding carboxylic acids is 2. The molecule has 5 rings (SSSR count). The van der Waals surface area contributed by atoms with Crippen LogP contribution in [0.25, 0.3) is 11.1 Å². The average Bonchev–Trinajstić information content (AvgIpc) is 3.21. The number of anilines is 2. The van der Waals surface area contributed by atoms with Crippen LogP contribution >= 0.6 is 0 Å². The van der Waals surface area contributed by atoms with E-state index in [2.05, 4.69) is 5.10 Å². The van der Waals surface area contributed by atoms with Crippen LogP contribution in [0.1, 0.15) is 52.0 Å². The number of hydrogen-bond donors (Lipinski definition) is 0. The van der Waals surface area contributed by atoms with Gasteiger partial charge in [0, 0.05) is 25.2 Å². The lowest BCUT2D eigenvalue weighted by Crippen LogP contribution is -2.52. The lowest BCUT2D eigenvalue weighted by atomic mass is 9.98. The number of fused-ring (bicyclic) bond motifs is 1. The lowest BCUT2D eigenvalue weighted by Gasteiger charge is -2.41. The van der Waals surface area contributed by atoms with E-state index in [0.717, 1.165) is 42.5 Å². The minimum Gasteiger partial charge on any atom is -0.446 e. The van der Waals surface area contributed by atoms with Gasteiger partial charge in [0.25, 0.3) is 0 Å². The largest absolute Gasteiger partial charge is 0.446 e. The van der Waals surface area contributed by atoms with Crippen molar-refractivity contribution >= 4 is 23.4 Å². The Morgan fingerprint density at radius 3 is 2.56 bits per heavy atom. The van der Waals surface area contributed by atoms with Crippen molar-refractivity contribution in [2.45, 2.75) is 64.1 Å². The van der Waals surface area contributed by atoms with Crippen LogP contribution in [-0.4, -0.2) is 53.7 Å². The van der Waals surface area contributed by atoms with E-state index in [1.165, 1.54) is 6.42 Å². The highest BCUT2D eigenvalue weighted by Gasteiger charge is 2.35. The van der Waals surface area contributed by atoms with Gasteiger partial charge >= 0.3 is 6.09 Å². The van der Waals surface area contributed by atoms with Gasteiger partial charge in [-0.1, -0.05) is 12.5 Å². The Bertz CT molecular complexity index is 1010. The predicted molar refractivity (Wildman–Crippen MR) is 121 cm³/mol. The molecule has 1 atom stereocenters. The van der Waals surface area contributed by atoms with E-state index in [0.29, 0.717) is 25.4 Å². The molecule has 1 aromatic carbocycles. The third-order valence-electron chi connectivity index (χ3n) is 6.72. The fraction of sp³-hybridized carbons (Fsp3) is 0.542. The highest BCUT2D eigenvalue weighted by Crippen LogP contribution is 2.39. The van der Waals surface area contributed by atoms with Crippen molar-refractivity contribution in [2.24, 2.45) is 0 Å². The molecule has 0 radical (unpaired) electrons. The van der Waals surface area contributed by atoms with E-state index in [1.807, 2.05) is 42.2 Å². The lowest BCUT2D eigenvalue weighted by molar-refractivity contribution is -0.117. The second-order valence-electron chi connectivity index (χ2n) is 9.10. The standard InChI is InChI=1S/C24H30N4O4/c1-16-12-26(24(30)32-21-6-4-3-5-7-21)23-10-18(8-9-22(23)28(16)17(2)29)19-11-25-27(13-19)20-14-31-15-20/h8-11,13,16,20-21H,3-7,12,14-15H2,1-2H3/t16-/m0/s1. The van der Waals surface area contributed by atoms with E-state index < -0.39 is 0 Å². The number of aromatic nitrogens is 2. The molecule has 0 N–H and O–H groups in total. The first-order valence-electron chi connectivity index (χ1n) is 11.6. The summed E-state index contributed by atoms with van der Waals surface area (Å²) in [6.45, 7) is 5.29. The summed E-state index contributed by atoms with van der Waals surface area (Å²) < 4.78 is 13.1. The maximum Gasteiger partial charge on any atom is 0.414 e. The SMILES string of the molecule is CC(=O)N1c2ccc(-c3cnn(C4COC4)c3)cc2N(C(=O)OC2CCCCC2)C[C@@H]1C. The number of amides is 2. The number of nitrogens with zero attached hydrogens (tertiary/aromatic N) is 4. The normalized spacial score (nSPS) is 21.8. The molecule has 2 aliphatic heterocycles. The maximum atomic E-state index is 13.2. The summed E-state index contributed by atoms with van der Waals surface area (Å²) >= 11 is 0. The van der Waals surface area contributed by atoms with Crippen molar-refractivity contribution in [3.8, 4) is 11.1 Å². The van der Waals surface area contributed by atoms with Gasteiger partial charge in [-0.05, 0) is 50.3 Å². The van der Waals surface area contributed by atoms with Crippen molar-refractivity contribution in [3.63, 3.8) is 0 Å². The maximum absolute atomic E-state index is 13.2. The first-order chi connectivity index (χ1) is 15.5. The molecule has 3 heterocycles. The Morgan fingerprint density at radius 2 is 1.88 bits per heavy atom. The zero-order valence-corrected chi connectivity index (χ0v) is 18.7. The van der Waals surface area contributed by atoms with Crippen molar-refractivity contribution in [1.29, 1.82) is 0 Å². The molecular weight excluding hydrogens is 408 g/mol. The summed E-state index contributed by atoms with van der Waals surface area (Å²) in [7, 11) is 0. The molecule has 2 fully saturated rings. The minimum atomic E-state index is -0.326. The van der Waals surface area contributed by atoms with Gasteiger partial charge in [-0.15, -0.1) is 0 Å². The van der Waals surface area contributed by atoms with Crippen LogP contribution in [0.4, 0.5) is 16.2 Å². The molecule has 170 valence electrons. The fourth-order valence-electron chi connectivity index (χ4n) is 4.91. The van der Waals surface area contributed by atoms with Crippen molar-refractivity contribution < 1.29 is 19.1 Å². The number of carbonyl (C=O) groups is 2. The smallest absolute Gasteiger partial charge is 0.414 e. The van der Waals surface area contributed by atoms with Crippen LogP contribution in [0, 0.1) is 0 Å². The van der Waals surface area contributed by atoms with Crippen molar-refractivity contribution in [3.05, 3.63) is 30.6 Å². The summed E-state index contributed by atoms with van der Waals surface area (Å²) in [4.78, 5) is 29.1. The molecule has 1 saturated heterocycles. The number of ether oxygens (including phenoxy) is 2. The van der Waals surface area contributed by atoms with Crippen LogP contribution in [-0.2, 0) is 14.3 Å². The van der Waals surface area contributed by atoms with Crippen LogP contribution < -0.4 is 9.80 Å². The van der Waals surface area contributed by atoms with Crippen molar-refractivity contribution in [1.82, 2.24) is 9.78 Å². The quantitative estimate of drug-likeness (QED) is 0.719. The Kier molecular flexibility index (Phi) is 5.63. The molecule has 1 aliphatic carbocycles. The Morgan fingerprint density at radius 1 is 1.09 bits per heavy atom. The van der Waals surface area contributed by atoms with Gasteiger partial charge in [-0.25, -0.2) is 4.79 Å². The molecule has 1 saturated carbocycles. The van der Waals surface area contributed by atoms with E-state index in [-0.39, 0.29) is 30.2 Å². The van der Waals surface area contributed by atoms with E-state index in [1.54, 1.807) is 16.7 Å². The predicted octanol–water partition coefficient (Wildman–Crippen LogP) is 4.15. The number of hydrogen-bond acceptors (Lipinski definition) is 5. The highest BCUT2D eigenvalue weighted by molar-refractivity contribution is 6.03. The van der Waals surface area contributed by atoms with E-state index in [9.17, 15) is 9.59 Å². The first kappa shape index (κ1) is 21.0. The third kappa shape index (κ3) is 3.88. The van der Waals surface area contributed by atoms with Gasteiger partial charge in [0.1, 0.15) is 6.10 Å². The zero-order chi connectivity index (χ0) is 22.2. The molecule has 2 amide bonds. The minimum absolute atomic E-state index is 0.0213. The summed E-state index contributed by atoms with van der Waals surface area (Å²) in [6.07, 6.45) is 8.74. The number of rotatable bonds is 3.